The SMILES string of the molecule is O=c1[nH]c2ccc(S(=O)(=O)N3CCCc4cccc(F)c43)cc2[nH]1. The largest absolute Gasteiger partial charge is 0.323 e. The van der Waals surface area contributed by atoms with Crippen LogP contribution in [0, 0.1) is 5.82 Å². The summed E-state index contributed by atoms with van der Waals surface area (Å²) in [6.07, 6.45) is 1.27. The zero-order valence-corrected chi connectivity index (χ0v) is 13.4. The molecule has 1 aliphatic heterocycles. The third-order valence-corrected chi connectivity index (χ3v) is 6.00. The van der Waals surface area contributed by atoms with E-state index < -0.39 is 21.5 Å². The molecule has 8 heteroatoms. The third kappa shape index (κ3) is 2.22. The number of nitrogens with one attached hydrogen (secondary N) is 2. The standard InChI is InChI=1S/C16H14FN3O3S/c17-12-5-1-3-10-4-2-8-20(15(10)12)24(22,23)11-6-7-13-14(9-11)19-16(21)18-13/h1,3,5-7,9H,2,4,8H2,(H2,18,19,21). The van der Waals surface area contributed by atoms with Crippen LogP contribution in [0.2, 0.25) is 0 Å². The molecule has 4 rings (SSSR count). The van der Waals surface area contributed by atoms with Crippen LogP contribution in [0.1, 0.15) is 12.0 Å². The summed E-state index contributed by atoms with van der Waals surface area (Å²) in [5.41, 5.74) is 1.30. The van der Waals surface area contributed by atoms with Crippen LogP contribution in [-0.2, 0) is 16.4 Å². The Kier molecular flexibility index (Phi) is 3.24. The first-order valence-corrected chi connectivity index (χ1v) is 8.93. The quantitative estimate of drug-likeness (QED) is 0.745. The number of H-pyrrole nitrogens is 2. The number of sulfonamides is 1. The summed E-state index contributed by atoms with van der Waals surface area (Å²) in [6.45, 7) is 0.220. The van der Waals surface area contributed by atoms with Crippen LogP contribution in [0.5, 0.6) is 0 Å². The minimum absolute atomic E-state index is 0.0151. The molecule has 2 aromatic carbocycles. The average Bonchev–Trinajstić information content (AvgIpc) is 2.93. The maximum Gasteiger partial charge on any atom is 0.323 e. The Hall–Kier alpha value is -2.61. The van der Waals surface area contributed by atoms with Crippen molar-refractivity contribution in [2.75, 3.05) is 10.8 Å². The van der Waals surface area contributed by atoms with Gasteiger partial charge in [-0.05, 0) is 42.7 Å². The lowest BCUT2D eigenvalue weighted by Crippen LogP contribution is -2.36. The molecule has 0 spiro atoms. The van der Waals surface area contributed by atoms with E-state index in [9.17, 15) is 17.6 Å². The highest BCUT2D eigenvalue weighted by Gasteiger charge is 2.31. The maximum absolute atomic E-state index is 14.3. The fraction of sp³-hybridized carbons (Fsp3) is 0.188. The van der Waals surface area contributed by atoms with Gasteiger partial charge < -0.3 is 9.97 Å². The highest BCUT2D eigenvalue weighted by atomic mass is 32.2. The van der Waals surface area contributed by atoms with Crippen LogP contribution in [-0.4, -0.2) is 24.9 Å². The second-order valence-corrected chi connectivity index (χ2v) is 7.58. The summed E-state index contributed by atoms with van der Waals surface area (Å²) in [6, 6.07) is 8.91. The topological polar surface area (TPSA) is 86.0 Å². The summed E-state index contributed by atoms with van der Waals surface area (Å²) < 4.78 is 41.4. The molecule has 0 bridgehead atoms. The van der Waals surface area contributed by atoms with Gasteiger partial charge in [-0.3, -0.25) is 4.31 Å². The summed E-state index contributed by atoms with van der Waals surface area (Å²) in [7, 11) is -3.92. The van der Waals surface area contributed by atoms with Gasteiger partial charge in [0.15, 0.2) is 0 Å². The number of anilines is 1. The fourth-order valence-corrected chi connectivity index (χ4v) is 4.68. The van der Waals surface area contributed by atoms with Crippen LogP contribution in [0.25, 0.3) is 11.0 Å². The van der Waals surface area contributed by atoms with Gasteiger partial charge in [0.05, 0.1) is 21.6 Å². The molecule has 0 unspecified atom stereocenters. The molecule has 0 saturated carbocycles. The maximum atomic E-state index is 14.3. The van der Waals surface area contributed by atoms with E-state index in [0.717, 1.165) is 4.31 Å². The monoisotopic (exact) mass is 347 g/mol. The van der Waals surface area contributed by atoms with Gasteiger partial charge in [0.1, 0.15) is 5.82 Å². The molecule has 0 radical (unpaired) electrons. The predicted molar refractivity (Wildman–Crippen MR) is 88.2 cm³/mol. The third-order valence-electron chi connectivity index (χ3n) is 4.20. The molecule has 3 aromatic rings. The average molecular weight is 347 g/mol. The van der Waals surface area contributed by atoms with Gasteiger partial charge in [0.2, 0.25) is 0 Å². The molecule has 6 nitrogen and oxygen atoms in total. The first-order chi connectivity index (χ1) is 11.5. The summed E-state index contributed by atoms with van der Waals surface area (Å²) in [5.74, 6) is -0.549. The van der Waals surface area contributed by atoms with Crippen molar-refractivity contribution in [2.24, 2.45) is 0 Å². The molecule has 24 heavy (non-hydrogen) atoms. The fourth-order valence-electron chi connectivity index (χ4n) is 3.11. The van der Waals surface area contributed by atoms with Crippen LogP contribution in [0.3, 0.4) is 0 Å². The van der Waals surface area contributed by atoms with Crippen molar-refractivity contribution in [2.45, 2.75) is 17.7 Å². The highest BCUT2D eigenvalue weighted by Crippen LogP contribution is 2.34. The van der Waals surface area contributed by atoms with Gasteiger partial charge in [0.25, 0.3) is 10.0 Å². The van der Waals surface area contributed by atoms with Gasteiger partial charge >= 0.3 is 5.69 Å². The first kappa shape index (κ1) is 14.9. The Labute approximate surface area is 137 Å². The van der Waals surface area contributed by atoms with Gasteiger partial charge in [0, 0.05) is 6.54 Å². The molecule has 0 atom stereocenters. The van der Waals surface area contributed by atoms with Crippen LogP contribution in [0.15, 0.2) is 46.1 Å². The Morgan fingerprint density at radius 1 is 1.08 bits per heavy atom. The molecule has 2 N–H and O–H groups in total. The van der Waals surface area contributed by atoms with Crippen molar-refractivity contribution in [3.8, 4) is 0 Å². The Balaban J connectivity index is 1.87. The molecule has 124 valence electrons. The number of halogens is 1. The highest BCUT2D eigenvalue weighted by molar-refractivity contribution is 7.92. The van der Waals surface area contributed by atoms with Crippen molar-refractivity contribution < 1.29 is 12.8 Å². The molecule has 2 heterocycles. The van der Waals surface area contributed by atoms with E-state index >= 15 is 0 Å². The van der Waals surface area contributed by atoms with E-state index in [1.165, 1.54) is 24.3 Å². The van der Waals surface area contributed by atoms with Crippen molar-refractivity contribution >= 4 is 26.7 Å². The number of rotatable bonds is 2. The summed E-state index contributed by atoms with van der Waals surface area (Å²) >= 11 is 0. The number of aromatic amines is 2. The van der Waals surface area contributed by atoms with E-state index in [0.29, 0.717) is 29.4 Å². The Morgan fingerprint density at radius 2 is 1.88 bits per heavy atom. The minimum Gasteiger partial charge on any atom is -0.306 e. The molecular weight excluding hydrogens is 333 g/mol. The van der Waals surface area contributed by atoms with Crippen molar-refractivity contribution in [3.63, 3.8) is 0 Å². The predicted octanol–water partition coefficient (Wildman–Crippen LogP) is 2.14. The molecule has 1 aromatic heterocycles. The molecule has 0 saturated heterocycles. The number of aryl methyl sites for hydroxylation is 1. The Morgan fingerprint density at radius 3 is 2.71 bits per heavy atom. The van der Waals surface area contributed by atoms with E-state index in [2.05, 4.69) is 9.97 Å². The van der Waals surface area contributed by atoms with Crippen molar-refractivity contribution in [1.82, 2.24) is 9.97 Å². The first-order valence-electron chi connectivity index (χ1n) is 7.49. The normalized spacial score (nSPS) is 14.8. The minimum atomic E-state index is -3.92. The lowest BCUT2D eigenvalue weighted by molar-refractivity contribution is 0.577. The number of hydrogen-bond donors (Lipinski definition) is 2. The van der Waals surface area contributed by atoms with Crippen LogP contribution < -0.4 is 9.99 Å². The van der Waals surface area contributed by atoms with Crippen molar-refractivity contribution in [1.29, 1.82) is 0 Å². The molecular formula is C16H14FN3O3S. The number of benzene rings is 2. The van der Waals surface area contributed by atoms with Gasteiger partial charge in [-0.1, -0.05) is 12.1 Å². The number of fused-ring (bicyclic) bond motifs is 2. The number of hydrogen-bond acceptors (Lipinski definition) is 3. The number of aromatic nitrogens is 2. The lowest BCUT2D eigenvalue weighted by atomic mass is 10.0. The number of imidazole rings is 1. The van der Waals surface area contributed by atoms with Gasteiger partial charge in [-0.2, -0.15) is 0 Å². The van der Waals surface area contributed by atoms with Crippen LogP contribution in [0.4, 0.5) is 10.1 Å². The molecule has 0 aliphatic carbocycles. The molecule has 0 fully saturated rings. The second-order valence-electron chi connectivity index (χ2n) is 5.71. The lowest BCUT2D eigenvalue weighted by Gasteiger charge is -2.30. The zero-order chi connectivity index (χ0) is 16.9. The van der Waals surface area contributed by atoms with E-state index in [4.69, 9.17) is 0 Å². The number of para-hydroxylation sites is 1. The van der Waals surface area contributed by atoms with Gasteiger partial charge in [-0.25, -0.2) is 17.6 Å². The Bertz CT molecular complexity index is 1100. The smallest absolute Gasteiger partial charge is 0.306 e. The van der Waals surface area contributed by atoms with Gasteiger partial charge in [-0.15, -0.1) is 0 Å². The summed E-state index contributed by atoms with van der Waals surface area (Å²) in [5, 5.41) is 0. The van der Waals surface area contributed by atoms with Crippen LogP contribution >= 0.6 is 0 Å². The number of nitrogens with zero attached hydrogens (tertiary/aromatic N) is 1. The van der Waals surface area contributed by atoms with Crippen molar-refractivity contribution in [3.05, 3.63) is 58.3 Å². The summed E-state index contributed by atoms with van der Waals surface area (Å²) in [4.78, 5) is 16.5. The van der Waals surface area contributed by atoms with E-state index in [1.54, 1.807) is 12.1 Å². The van der Waals surface area contributed by atoms with E-state index in [1.807, 2.05) is 0 Å². The molecule has 1 aliphatic rings. The zero-order valence-electron chi connectivity index (χ0n) is 12.5. The second kappa shape index (κ2) is 5.20. The molecule has 0 amide bonds. The van der Waals surface area contributed by atoms with E-state index in [-0.39, 0.29) is 17.1 Å².